The minimum absolute atomic E-state index is 0.166. The minimum Gasteiger partial charge on any atom is -0.377 e. The monoisotopic (exact) mass is 407 g/mol. The van der Waals surface area contributed by atoms with Crippen LogP contribution in [0.2, 0.25) is 0 Å². The Morgan fingerprint density at radius 2 is 1.93 bits per heavy atom. The zero-order valence-electron chi connectivity index (χ0n) is 18.3. The van der Waals surface area contributed by atoms with Crippen molar-refractivity contribution in [3.8, 4) is 0 Å². The first-order valence-corrected chi connectivity index (χ1v) is 11.4. The van der Waals surface area contributed by atoms with Gasteiger partial charge in [0.2, 0.25) is 0 Å². The van der Waals surface area contributed by atoms with Crippen molar-refractivity contribution in [2.75, 3.05) is 51.8 Å². The van der Waals surface area contributed by atoms with Crippen LogP contribution in [0.5, 0.6) is 0 Å². The number of anilines is 1. The van der Waals surface area contributed by atoms with E-state index in [0.29, 0.717) is 6.10 Å². The molecule has 0 aliphatic carbocycles. The number of nitrogens with zero attached hydrogens (tertiary/aromatic N) is 3. The lowest BCUT2D eigenvalue weighted by Gasteiger charge is -2.57. The van der Waals surface area contributed by atoms with Gasteiger partial charge in [0.05, 0.1) is 6.10 Å². The number of rotatable bonds is 4. The normalized spacial score (nSPS) is 26.9. The van der Waals surface area contributed by atoms with Crippen molar-refractivity contribution in [1.82, 2.24) is 9.80 Å². The Bertz CT molecular complexity index is 937. The maximum atomic E-state index is 13.6. The van der Waals surface area contributed by atoms with Crippen LogP contribution < -0.4 is 4.90 Å². The van der Waals surface area contributed by atoms with Gasteiger partial charge >= 0.3 is 0 Å². The molecule has 5 heteroatoms. The Balaban J connectivity index is 1.38. The van der Waals surface area contributed by atoms with Gasteiger partial charge in [-0.1, -0.05) is 24.3 Å². The van der Waals surface area contributed by atoms with Crippen LogP contribution in [0, 0.1) is 0 Å². The minimum atomic E-state index is 0.166. The van der Waals surface area contributed by atoms with Crippen LogP contribution in [0.25, 0.3) is 10.8 Å². The lowest BCUT2D eigenvalue weighted by Crippen LogP contribution is -2.68. The van der Waals surface area contributed by atoms with Crippen LogP contribution in [-0.4, -0.2) is 74.2 Å². The quantitative estimate of drug-likeness (QED) is 0.773. The van der Waals surface area contributed by atoms with Crippen LogP contribution in [-0.2, 0) is 4.74 Å². The van der Waals surface area contributed by atoms with E-state index in [9.17, 15) is 4.79 Å². The summed E-state index contributed by atoms with van der Waals surface area (Å²) >= 11 is 0. The first-order valence-electron chi connectivity index (χ1n) is 11.4. The maximum absolute atomic E-state index is 13.6. The molecule has 3 heterocycles. The van der Waals surface area contributed by atoms with Crippen LogP contribution in [0.1, 0.15) is 42.5 Å². The third kappa shape index (κ3) is 3.38. The van der Waals surface area contributed by atoms with Gasteiger partial charge in [-0.3, -0.25) is 9.69 Å². The zero-order valence-corrected chi connectivity index (χ0v) is 18.3. The van der Waals surface area contributed by atoms with Gasteiger partial charge in [0.15, 0.2) is 0 Å². The van der Waals surface area contributed by atoms with Crippen molar-refractivity contribution < 1.29 is 9.53 Å². The summed E-state index contributed by atoms with van der Waals surface area (Å²) in [6, 6.07) is 12.4. The number of fused-ring (bicyclic) bond motifs is 1. The molecule has 3 aliphatic heterocycles. The van der Waals surface area contributed by atoms with Crippen molar-refractivity contribution >= 4 is 22.4 Å². The SMILES string of the molecule is CN(C)c1ccc(C(=O)N2CCCC3(CCN3CC3CCCO3)C2)c2ccccc12. The fourth-order valence-electron chi connectivity index (χ4n) is 5.68. The number of benzene rings is 2. The Kier molecular flexibility index (Phi) is 5.19. The van der Waals surface area contributed by atoms with E-state index < -0.39 is 0 Å². The fraction of sp³-hybridized carbons (Fsp3) is 0.560. The number of carbonyl (C=O) groups excluding carboxylic acids is 1. The molecule has 2 unspecified atom stereocenters. The number of carbonyl (C=O) groups is 1. The summed E-state index contributed by atoms with van der Waals surface area (Å²) in [5.41, 5.74) is 2.15. The molecule has 3 saturated heterocycles. The largest absolute Gasteiger partial charge is 0.377 e. The summed E-state index contributed by atoms with van der Waals surface area (Å²) in [7, 11) is 4.10. The third-order valence-electron chi connectivity index (χ3n) is 7.42. The molecule has 0 saturated carbocycles. The standard InChI is InChI=1S/C25H33N3O2/c1-26(2)23-11-10-22(20-8-3-4-9-21(20)23)24(29)27-14-6-12-25(18-27)13-15-28(25)17-19-7-5-16-30-19/h3-4,8-11,19H,5-7,12-18H2,1-2H3. The summed E-state index contributed by atoms with van der Waals surface area (Å²) < 4.78 is 5.89. The van der Waals surface area contributed by atoms with Gasteiger partial charge in [-0.05, 0) is 49.6 Å². The highest BCUT2D eigenvalue weighted by Gasteiger charge is 2.48. The molecule has 0 N–H and O–H groups in total. The second-order valence-corrected chi connectivity index (χ2v) is 9.46. The molecular weight excluding hydrogens is 374 g/mol. The van der Waals surface area contributed by atoms with Gasteiger partial charge in [-0.15, -0.1) is 0 Å². The van der Waals surface area contributed by atoms with Crippen molar-refractivity contribution in [1.29, 1.82) is 0 Å². The molecular formula is C25H33N3O2. The molecule has 0 bridgehead atoms. The molecule has 160 valence electrons. The zero-order chi connectivity index (χ0) is 20.7. The molecule has 0 radical (unpaired) electrons. The van der Waals surface area contributed by atoms with E-state index in [1.165, 1.54) is 25.7 Å². The molecule has 3 aliphatic rings. The van der Waals surface area contributed by atoms with E-state index in [0.717, 1.165) is 61.2 Å². The van der Waals surface area contributed by atoms with Gasteiger partial charge in [-0.25, -0.2) is 0 Å². The van der Waals surface area contributed by atoms with Gasteiger partial charge < -0.3 is 14.5 Å². The van der Waals surface area contributed by atoms with Crippen molar-refractivity contribution in [2.45, 2.75) is 43.7 Å². The Morgan fingerprint density at radius 1 is 1.10 bits per heavy atom. The molecule has 5 rings (SSSR count). The van der Waals surface area contributed by atoms with Crippen LogP contribution in [0.15, 0.2) is 36.4 Å². The Morgan fingerprint density at radius 3 is 2.63 bits per heavy atom. The molecule has 0 aromatic heterocycles. The van der Waals surface area contributed by atoms with E-state index in [2.05, 4.69) is 53.1 Å². The van der Waals surface area contributed by atoms with Crippen LogP contribution in [0.4, 0.5) is 5.69 Å². The highest BCUT2D eigenvalue weighted by atomic mass is 16.5. The molecule has 5 nitrogen and oxygen atoms in total. The van der Waals surface area contributed by atoms with E-state index in [1.807, 2.05) is 12.1 Å². The second-order valence-electron chi connectivity index (χ2n) is 9.46. The molecule has 1 amide bonds. The maximum Gasteiger partial charge on any atom is 0.254 e. The second kappa shape index (κ2) is 7.86. The third-order valence-corrected chi connectivity index (χ3v) is 7.42. The smallest absolute Gasteiger partial charge is 0.254 e. The Hall–Kier alpha value is -2.11. The average molecular weight is 408 g/mol. The summed E-state index contributed by atoms with van der Waals surface area (Å²) in [6.45, 7) is 4.79. The van der Waals surface area contributed by atoms with Gasteiger partial charge in [-0.2, -0.15) is 0 Å². The summed E-state index contributed by atoms with van der Waals surface area (Å²) in [4.78, 5) is 20.5. The topological polar surface area (TPSA) is 36.0 Å². The lowest BCUT2D eigenvalue weighted by atomic mass is 9.77. The summed E-state index contributed by atoms with van der Waals surface area (Å²) in [6.07, 6.45) is 6.23. The summed E-state index contributed by atoms with van der Waals surface area (Å²) in [5, 5.41) is 2.20. The van der Waals surface area contributed by atoms with Gasteiger partial charge in [0, 0.05) is 69.1 Å². The van der Waals surface area contributed by atoms with E-state index >= 15 is 0 Å². The van der Waals surface area contributed by atoms with Crippen LogP contribution >= 0.6 is 0 Å². The number of ether oxygens (including phenoxy) is 1. The molecule has 2 aromatic rings. The first kappa shape index (κ1) is 19.8. The number of amides is 1. The highest BCUT2D eigenvalue weighted by Crippen LogP contribution is 2.40. The number of hydrogen-bond donors (Lipinski definition) is 0. The number of likely N-dealkylation sites (tertiary alicyclic amines) is 2. The van der Waals surface area contributed by atoms with Gasteiger partial charge in [0.1, 0.15) is 0 Å². The van der Waals surface area contributed by atoms with Crippen molar-refractivity contribution in [2.24, 2.45) is 0 Å². The van der Waals surface area contributed by atoms with E-state index in [4.69, 9.17) is 4.74 Å². The van der Waals surface area contributed by atoms with Gasteiger partial charge in [0.25, 0.3) is 5.91 Å². The molecule has 2 aromatic carbocycles. The molecule has 3 fully saturated rings. The van der Waals surface area contributed by atoms with Crippen molar-refractivity contribution in [3.05, 3.63) is 42.0 Å². The number of hydrogen-bond acceptors (Lipinski definition) is 4. The van der Waals surface area contributed by atoms with E-state index in [-0.39, 0.29) is 11.4 Å². The molecule has 30 heavy (non-hydrogen) atoms. The summed E-state index contributed by atoms with van der Waals surface area (Å²) in [5.74, 6) is 0.180. The lowest BCUT2D eigenvalue weighted by molar-refractivity contribution is -0.0806. The molecule has 2 atom stereocenters. The fourth-order valence-corrected chi connectivity index (χ4v) is 5.68. The van der Waals surface area contributed by atoms with Crippen molar-refractivity contribution in [3.63, 3.8) is 0 Å². The Labute approximate surface area is 179 Å². The number of piperidine rings is 1. The molecule has 1 spiro atoms. The predicted octanol–water partition coefficient (Wildman–Crippen LogP) is 3.77. The highest BCUT2D eigenvalue weighted by molar-refractivity contribution is 6.10. The van der Waals surface area contributed by atoms with E-state index in [1.54, 1.807) is 0 Å². The average Bonchev–Trinajstić information content (AvgIpc) is 3.29. The van der Waals surface area contributed by atoms with Crippen LogP contribution in [0.3, 0.4) is 0 Å². The predicted molar refractivity (Wildman–Crippen MR) is 121 cm³/mol. The first-order chi connectivity index (χ1) is 14.6.